The maximum atomic E-state index is 8.68. The molecule has 0 heterocycles. The molecule has 0 aliphatic carbocycles. The van der Waals surface area contributed by atoms with Crippen LogP contribution in [0.2, 0.25) is 5.02 Å². The van der Waals surface area contributed by atoms with Crippen molar-refractivity contribution in [2.45, 2.75) is 6.54 Å². The van der Waals surface area contributed by atoms with Crippen LogP contribution in [0, 0.1) is 0 Å². The lowest BCUT2D eigenvalue weighted by atomic mass is 10.1. The van der Waals surface area contributed by atoms with E-state index in [9.17, 15) is 0 Å². The normalized spacial score (nSPS) is 11.4. The average Bonchev–Trinajstić information content (AvgIpc) is 2.47. The van der Waals surface area contributed by atoms with E-state index in [4.69, 9.17) is 22.5 Å². The van der Waals surface area contributed by atoms with Gasteiger partial charge in [0, 0.05) is 16.6 Å². The van der Waals surface area contributed by atoms with E-state index in [0.29, 0.717) is 17.1 Å². The lowest BCUT2D eigenvalue weighted by molar-refractivity contribution is 0.318. The number of hydrogen-bond acceptors (Lipinski definition) is 3. The number of anilines is 1. The first-order valence-corrected chi connectivity index (χ1v) is 7.03. The van der Waals surface area contributed by atoms with Crippen LogP contribution in [0.4, 0.5) is 5.69 Å². The van der Waals surface area contributed by atoms with Crippen molar-refractivity contribution in [1.82, 2.24) is 0 Å². The quantitative estimate of drug-likeness (QED) is 0.338. The van der Waals surface area contributed by atoms with Crippen molar-refractivity contribution in [3.63, 3.8) is 0 Å². The largest absolute Gasteiger partial charge is 0.409 e. The molecule has 0 bridgehead atoms. The molecule has 0 radical (unpaired) electrons. The molecule has 0 saturated carbocycles. The molecule has 0 spiro atoms. The molecule has 0 amide bonds. The second-order valence-electron chi connectivity index (χ2n) is 4.16. The third-order valence-corrected chi connectivity index (χ3v) is 3.56. The molecular weight excluding hydrogens is 342 g/mol. The molecule has 0 unspecified atom stereocenters. The van der Waals surface area contributed by atoms with E-state index < -0.39 is 0 Å². The van der Waals surface area contributed by atoms with Gasteiger partial charge in [0.2, 0.25) is 0 Å². The number of nitrogens with one attached hydrogen (secondary N) is 1. The molecule has 0 aromatic heterocycles. The number of oxime groups is 1. The molecule has 104 valence electrons. The topological polar surface area (TPSA) is 70.6 Å². The van der Waals surface area contributed by atoms with Crippen molar-refractivity contribution in [2.75, 3.05) is 5.32 Å². The number of amidine groups is 1. The highest BCUT2D eigenvalue weighted by molar-refractivity contribution is 9.10. The van der Waals surface area contributed by atoms with E-state index in [0.717, 1.165) is 15.7 Å². The highest BCUT2D eigenvalue weighted by Gasteiger charge is 2.03. The summed E-state index contributed by atoms with van der Waals surface area (Å²) >= 11 is 9.51. The molecule has 2 aromatic rings. The predicted octanol–water partition coefficient (Wildman–Crippen LogP) is 3.81. The summed E-state index contributed by atoms with van der Waals surface area (Å²) in [5.41, 5.74) is 8.09. The smallest absolute Gasteiger partial charge is 0.170 e. The fourth-order valence-corrected chi connectivity index (χ4v) is 2.27. The molecule has 2 rings (SSSR count). The number of nitrogens with zero attached hydrogens (tertiary/aromatic N) is 1. The van der Waals surface area contributed by atoms with Gasteiger partial charge in [0.25, 0.3) is 0 Å². The third-order valence-electron chi connectivity index (χ3n) is 2.74. The van der Waals surface area contributed by atoms with Crippen LogP contribution in [0.25, 0.3) is 0 Å². The average molecular weight is 355 g/mol. The van der Waals surface area contributed by atoms with Crippen LogP contribution in [0.1, 0.15) is 11.1 Å². The SMILES string of the molecule is NC(=NO)c1cccc(CNc2cc(Br)ccc2Cl)c1. The van der Waals surface area contributed by atoms with E-state index in [1.165, 1.54) is 0 Å². The van der Waals surface area contributed by atoms with Crippen molar-refractivity contribution < 1.29 is 5.21 Å². The lowest BCUT2D eigenvalue weighted by Crippen LogP contribution is -2.13. The highest BCUT2D eigenvalue weighted by atomic mass is 79.9. The van der Waals surface area contributed by atoms with Crippen LogP contribution in [-0.4, -0.2) is 11.0 Å². The van der Waals surface area contributed by atoms with Gasteiger partial charge < -0.3 is 16.3 Å². The van der Waals surface area contributed by atoms with Crippen molar-refractivity contribution >= 4 is 39.1 Å². The lowest BCUT2D eigenvalue weighted by Gasteiger charge is -2.10. The van der Waals surface area contributed by atoms with Gasteiger partial charge in [-0.15, -0.1) is 0 Å². The zero-order valence-corrected chi connectivity index (χ0v) is 12.8. The molecule has 6 heteroatoms. The summed E-state index contributed by atoms with van der Waals surface area (Å²) in [6.07, 6.45) is 0. The summed E-state index contributed by atoms with van der Waals surface area (Å²) in [7, 11) is 0. The van der Waals surface area contributed by atoms with Gasteiger partial charge in [-0.2, -0.15) is 0 Å². The monoisotopic (exact) mass is 353 g/mol. The van der Waals surface area contributed by atoms with Gasteiger partial charge in [-0.25, -0.2) is 0 Å². The standard InChI is InChI=1S/C14H13BrClN3O/c15-11-4-5-12(16)13(7-11)18-8-9-2-1-3-10(6-9)14(17)19-20/h1-7,18,20H,8H2,(H2,17,19). The Balaban J connectivity index is 2.13. The summed E-state index contributed by atoms with van der Waals surface area (Å²) in [5, 5.41) is 15.6. The van der Waals surface area contributed by atoms with Crippen LogP contribution in [0.5, 0.6) is 0 Å². The number of halogens is 2. The van der Waals surface area contributed by atoms with Crippen LogP contribution >= 0.6 is 27.5 Å². The molecule has 4 N–H and O–H groups in total. The minimum atomic E-state index is 0.0901. The van der Waals surface area contributed by atoms with E-state index in [2.05, 4.69) is 26.4 Å². The van der Waals surface area contributed by atoms with Crippen molar-refractivity contribution in [2.24, 2.45) is 10.9 Å². The first-order valence-electron chi connectivity index (χ1n) is 5.86. The Hall–Kier alpha value is -1.72. The van der Waals surface area contributed by atoms with E-state index in [1.807, 2.05) is 36.4 Å². The van der Waals surface area contributed by atoms with E-state index in [1.54, 1.807) is 6.07 Å². The first kappa shape index (κ1) is 14.7. The Morgan fingerprint density at radius 2 is 2.10 bits per heavy atom. The van der Waals surface area contributed by atoms with Crippen molar-refractivity contribution in [3.05, 3.63) is 63.1 Å². The Morgan fingerprint density at radius 3 is 2.85 bits per heavy atom. The zero-order chi connectivity index (χ0) is 14.5. The van der Waals surface area contributed by atoms with Gasteiger partial charge in [-0.3, -0.25) is 0 Å². The summed E-state index contributed by atoms with van der Waals surface area (Å²) in [6, 6.07) is 13.1. The molecule has 0 fully saturated rings. The van der Waals surface area contributed by atoms with Crippen LogP contribution < -0.4 is 11.1 Å². The number of benzene rings is 2. The fourth-order valence-electron chi connectivity index (χ4n) is 1.73. The van der Waals surface area contributed by atoms with Crippen LogP contribution in [0.3, 0.4) is 0 Å². The van der Waals surface area contributed by atoms with Gasteiger partial charge in [-0.1, -0.05) is 50.9 Å². The van der Waals surface area contributed by atoms with Gasteiger partial charge in [0.15, 0.2) is 5.84 Å². The number of nitrogens with two attached hydrogens (primary N) is 1. The van der Waals surface area contributed by atoms with Crippen LogP contribution in [0.15, 0.2) is 52.1 Å². The first-order chi connectivity index (χ1) is 9.60. The number of hydrogen-bond donors (Lipinski definition) is 3. The number of rotatable bonds is 4. The molecule has 0 aliphatic heterocycles. The van der Waals surface area contributed by atoms with Crippen molar-refractivity contribution in [3.8, 4) is 0 Å². The molecule has 4 nitrogen and oxygen atoms in total. The molecule has 0 atom stereocenters. The van der Waals surface area contributed by atoms with Gasteiger partial charge in [0.05, 0.1) is 10.7 Å². The van der Waals surface area contributed by atoms with Gasteiger partial charge >= 0.3 is 0 Å². The summed E-state index contributed by atoms with van der Waals surface area (Å²) in [6.45, 7) is 0.586. The molecule has 2 aromatic carbocycles. The Kier molecular flexibility index (Phi) is 4.87. The maximum Gasteiger partial charge on any atom is 0.170 e. The molecule has 0 aliphatic rings. The Morgan fingerprint density at radius 1 is 1.30 bits per heavy atom. The second kappa shape index (κ2) is 6.63. The molecule has 20 heavy (non-hydrogen) atoms. The van der Waals surface area contributed by atoms with Crippen molar-refractivity contribution in [1.29, 1.82) is 0 Å². The highest BCUT2D eigenvalue weighted by Crippen LogP contribution is 2.26. The van der Waals surface area contributed by atoms with E-state index in [-0.39, 0.29) is 5.84 Å². The third kappa shape index (κ3) is 3.65. The fraction of sp³-hybridized carbons (Fsp3) is 0.0714. The Bertz CT molecular complexity index is 646. The zero-order valence-electron chi connectivity index (χ0n) is 10.5. The van der Waals surface area contributed by atoms with Gasteiger partial charge in [0.1, 0.15) is 0 Å². The Labute approximate surface area is 130 Å². The summed E-state index contributed by atoms with van der Waals surface area (Å²) in [5.74, 6) is 0.0901. The predicted molar refractivity (Wildman–Crippen MR) is 85.4 cm³/mol. The molecular formula is C14H13BrClN3O. The second-order valence-corrected chi connectivity index (χ2v) is 5.49. The van der Waals surface area contributed by atoms with Crippen LogP contribution in [-0.2, 0) is 6.54 Å². The van der Waals surface area contributed by atoms with E-state index >= 15 is 0 Å². The summed E-state index contributed by atoms with van der Waals surface area (Å²) < 4.78 is 0.954. The minimum Gasteiger partial charge on any atom is -0.409 e. The summed E-state index contributed by atoms with van der Waals surface area (Å²) in [4.78, 5) is 0. The molecule has 0 saturated heterocycles. The van der Waals surface area contributed by atoms with Gasteiger partial charge in [-0.05, 0) is 29.8 Å². The maximum absolute atomic E-state index is 8.68. The minimum absolute atomic E-state index is 0.0901.